The van der Waals surface area contributed by atoms with E-state index in [9.17, 15) is 14.7 Å². The van der Waals surface area contributed by atoms with Gasteiger partial charge in [0.1, 0.15) is 6.08 Å². The zero-order valence-corrected chi connectivity index (χ0v) is 18.8. The third-order valence-corrected chi connectivity index (χ3v) is 5.25. The Hall–Kier alpha value is -0.940. The van der Waals surface area contributed by atoms with Crippen molar-refractivity contribution in [3.8, 4) is 0 Å². The van der Waals surface area contributed by atoms with Crippen molar-refractivity contribution < 1.29 is 25.7 Å². The van der Waals surface area contributed by atoms with Crippen LogP contribution in [-0.4, -0.2) is 59.7 Å². The van der Waals surface area contributed by atoms with Gasteiger partial charge in [-0.15, -0.1) is 0 Å². The van der Waals surface area contributed by atoms with E-state index in [1.165, 1.54) is 64.2 Å². The molecule has 0 radical (unpaired) electrons. The van der Waals surface area contributed by atoms with Gasteiger partial charge in [-0.3, -0.25) is 9.59 Å². The number of hydrogen-bond acceptors (Lipinski definition) is 3. The van der Waals surface area contributed by atoms with Gasteiger partial charge in [0.25, 0.3) is 0 Å². The molecule has 2 N–H and O–H groups in total. The molecule has 0 aliphatic heterocycles. The van der Waals surface area contributed by atoms with Crippen LogP contribution >= 0.6 is 0 Å². The van der Waals surface area contributed by atoms with Crippen LogP contribution < -0.4 is 0 Å². The molecule has 0 bridgehead atoms. The molecule has 0 heterocycles. The van der Waals surface area contributed by atoms with E-state index in [1.807, 2.05) is 0 Å². The van der Waals surface area contributed by atoms with Gasteiger partial charge in [0.2, 0.25) is 0 Å². The fraction of sp³-hybridized carbons (Fsp3) is 0.913. The number of carboxylic acids is 1. The summed E-state index contributed by atoms with van der Waals surface area (Å²) in [5, 5.41) is 19.3. The second-order valence-corrected chi connectivity index (χ2v) is 9.04. The lowest BCUT2D eigenvalue weighted by Crippen LogP contribution is -2.56. The van der Waals surface area contributed by atoms with Crippen molar-refractivity contribution in [1.82, 2.24) is 0 Å². The number of ketones is 1. The number of aliphatic hydroxyl groups is 1. The number of rotatable bonds is 19. The molecule has 0 aliphatic carbocycles. The predicted octanol–water partition coefficient (Wildman–Crippen LogP) is 4.95. The van der Waals surface area contributed by atoms with Gasteiger partial charge < -0.3 is 14.7 Å². The van der Waals surface area contributed by atoms with Crippen molar-refractivity contribution in [1.29, 1.82) is 0 Å². The first kappa shape index (κ1) is 25.1. The Labute approximate surface area is 174 Å². The third-order valence-electron chi connectivity index (χ3n) is 5.25. The fourth-order valence-corrected chi connectivity index (χ4v) is 3.77. The predicted molar refractivity (Wildman–Crippen MR) is 115 cm³/mol. The number of likely N-dealkylation sites (N-methyl/N-ethyl adjacent to an activating group) is 1. The van der Waals surface area contributed by atoms with E-state index in [0.717, 1.165) is 19.3 Å². The van der Waals surface area contributed by atoms with Gasteiger partial charge >= 0.3 is 5.97 Å². The van der Waals surface area contributed by atoms with Crippen molar-refractivity contribution in [3.05, 3.63) is 0 Å². The van der Waals surface area contributed by atoms with Gasteiger partial charge in [0.05, 0.1) is 28.9 Å². The van der Waals surface area contributed by atoms with E-state index in [-0.39, 0.29) is 10.3 Å². The minimum Gasteiger partial charge on any atom is -0.481 e. The molecule has 0 saturated carbocycles. The summed E-state index contributed by atoms with van der Waals surface area (Å²) < 4.78 is 8.06. The summed E-state index contributed by atoms with van der Waals surface area (Å²) in [5.74, 6) is -1.49. The molecular weight excluding hydrogens is 354 g/mol. The minimum atomic E-state index is -2.29. The quantitative estimate of drug-likeness (QED) is 0.237. The minimum absolute atomic E-state index is 0.0462. The molecule has 5 nitrogen and oxygen atoms in total. The lowest BCUT2D eigenvalue weighted by Gasteiger charge is -2.35. The van der Waals surface area contributed by atoms with Crippen LogP contribution in [0.4, 0.5) is 0 Å². The number of unbranched alkanes of at least 4 members (excludes halogenated alkanes) is 12. The molecular formula is C23H46NO4+. The summed E-state index contributed by atoms with van der Waals surface area (Å²) in [5.41, 5.74) is 0. The van der Waals surface area contributed by atoms with Crippen molar-refractivity contribution in [2.45, 2.75) is 115 Å². The van der Waals surface area contributed by atoms with Gasteiger partial charge in [0, 0.05) is 6.42 Å². The van der Waals surface area contributed by atoms with Gasteiger partial charge in [-0.2, -0.15) is 0 Å². The Morgan fingerprint density at radius 3 is 1.57 bits per heavy atom. The zero-order chi connectivity index (χ0) is 22.3. The number of quaternary nitrogens is 1. The Bertz CT molecular complexity index is 460. The number of aliphatic carboxylic acids is 1. The molecule has 2 atom stereocenters. The lowest BCUT2D eigenvalue weighted by molar-refractivity contribution is -0.890. The highest BCUT2D eigenvalue weighted by Crippen LogP contribution is 2.17. The molecule has 0 saturated heterocycles. The van der Waals surface area contributed by atoms with Crippen LogP contribution in [0.25, 0.3) is 0 Å². The van der Waals surface area contributed by atoms with E-state index in [2.05, 4.69) is 6.92 Å². The average molecular weight is 402 g/mol. The molecule has 0 amide bonds. The van der Waals surface area contributed by atoms with Crippen molar-refractivity contribution in [3.63, 3.8) is 0 Å². The third kappa shape index (κ3) is 14.1. The molecule has 2 unspecified atom stereocenters. The highest BCUT2D eigenvalue weighted by Gasteiger charge is 2.38. The monoisotopic (exact) mass is 401 g/mol. The molecule has 0 spiro atoms. The fourth-order valence-electron chi connectivity index (χ4n) is 3.77. The first-order chi connectivity index (χ1) is 13.5. The van der Waals surface area contributed by atoms with Crippen LogP contribution in [0, 0.1) is 0 Å². The van der Waals surface area contributed by atoms with Gasteiger partial charge in [-0.1, -0.05) is 84.0 Å². The number of carbonyl (C=O) groups is 2. The zero-order valence-electron chi connectivity index (χ0n) is 19.8. The Morgan fingerprint density at radius 1 is 0.821 bits per heavy atom. The summed E-state index contributed by atoms with van der Waals surface area (Å²) in [6.07, 6.45) is 13.2. The number of Topliss-reactive ketones (excluding diaryl/α,β-unsaturated/α-hetero) is 1. The molecule has 0 fully saturated rings. The van der Waals surface area contributed by atoms with Crippen LogP contribution in [0.5, 0.6) is 0 Å². The highest BCUT2D eigenvalue weighted by atomic mass is 16.4. The number of nitrogens with zero attached hydrogens (tertiary/aromatic N) is 1. The molecule has 166 valence electrons. The molecule has 0 aromatic carbocycles. The molecule has 0 aromatic heterocycles. The van der Waals surface area contributed by atoms with Crippen molar-refractivity contribution in [2.75, 3.05) is 21.1 Å². The number of carboxylic acid groups (broad SMARTS) is 1. The van der Waals surface area contributed by atoms with Crippen molar-refractivity contribution >= 4 is 11.8 Å². The van der Waals surface area contributed by atoms with E-state index in [1.54, 1.807) is 21.1 Å². The van der Waals surface area contributed by atoms with Crippen LogP contribution in [-0.2, 0) is 9.59 Å². The second kappa shape index (κ2) is 15.9. The normalized spacial score (nSPS) is 15.7. The lowest BCUT2D eigenvalue weighted by atomic mass is 9.96. The first-order valence-corrected chi connectivity index (χ1v) is 11.3. The second-order valence-electron chi connectivity index (χ2n) is 9.04. The van der Waals surface area contributed by atoms with E-state index >= 15 is 0 Å². The molecule has 0 rings (SSSR count). The summed E-state index contributed by atoms with van der Waals surface area (Å²) in [6.45, 7) is 2.24. The Kier molecular flexibility index (Phi) is 14.3. The topological polar surface area (TPSA) is 74.6 Å². The molecule has 0 aliphatic rings. The van der Waals surface area contributed by atoms with Gasteiger partial charge in [-0.05, 0) is 6.42 Å². The number of carbonyl (C=O) groups excluding carboxylic acids is 1. The van der Waals surface area contributed by atoms with E-state index in [4.69, 9.17) is 6.48 Å². The molecule has 28 heavy (non-hydrogen) atoms. The highest BCUT2D eigenvalue weighted by molar-refractivity contribution is 5.84. The van der Waals surface area contributed by atoms with Crippen LogP contribution in [0.2, 0.25) is 0 Å². The largest absolute Gasteiger partial charge is 0.481 e. The first-order valence-electron chi connectivity index (χ1n) is 11.8. The number of hydrogen-bond donors (Lipinski definition) is 2. The smallest absolute Gasteiger partial charge is 0.306 e. The SMILES string of the molecule is [2H]C(O)(CC(=O)O)C(C(=O)CCCCCCCCCCCCCCC)[N+](C)(C)C. The molecule has 0 aromatic rings. The summed E-state index contributed by atoms with van der Waals surface area (Å²) in [4.78, 5) is 23.6. The molecule has 5 heteroatoms. The Balaban J connectivity index is 3.99. The maximum absolute atomic E-state index is 12.6. The van der Waals surface area contributed by atoms with E-state index < -0.39 is 24.5 Å². The van der Waals surface area contributed by atoms with Gasteiger partial charge in [-0.25, -0.2) is 0 Å². The van der Waals surface area contributed by atoms with Crippen molar-refractivity contribution in [2.24, 2.45) is 0 Å². The Morgan fingerprint density at radius 2 is 1.21 bits per heavy atom. The van der Waals surface area contributed by atoms with E-state index in [0.29, 0.717) is 6.42 Å². The average Bonchev–Trinajstić information content (AvgIpc) is 2.56. The maximum atomic E-state index is 12.6. The van der Waals surface area contributed by atoms with Gasteiger partial charge in [0.15, 0.2) is 11.8 Å². The summed E-state index contributed by atoms with van der Waals surface area (Å²) in [7, 11) is 5.15. The van der Waals surface area contributed by atoms with Crippen LogP contribution in [0.3, 0.4) is 0 Å². The maximum Gasteiger partial charge on any atom is 0.306 e. The summed E-state index contributed by atoms with van der Waals surface area (Å²) in [6, 6.07) is -1.06. The van der Waals surface area contributed by atoms with Crippen LogP contribution in [0.1, 0.15) is 105 Å². The van der Waals surface area contributed by atoms with Crippen LogP contribution in [0.15, 0.2) is 0 Å². The summed E-state index contributed by atoms with van der Waals surface area (Å²) >= 11 is 0. The standard InChI is InChI=1S/C23H45NO4/c1-5-6-7-8-9-10-11-12-13-14-15-16-17-18-20(25)23(24(2,3)4)21(26)19-22(27)28/h21,23,26H,5-19H2,1-4H3/p+1/i21D.